The van der Waals surface area contributed by atoms with E-state index < -0.39 is 48.3 Å². The third-order valence-corrected chi connectivity index (χ3v) is 6.83. The van der Waals surface area contributed by atoms with Gasteiger partial charge in [0, 0.05) is 12.3 Å². The Hall–Kier alpha value is -1.49. The van der Waals surface area contributed by atoms with Crippen LogP contribution < -0.4 is 11.2 Å². The summed E-state index contributed by atoms with van der Waals surface area (Å²) in [6, 6.07) is 1.16. The molecule has 13 heteroatoms. The highest BCUT2D eigenvalue weighted by Gasteiger charge is 2.60. The molecular formula is C18H26ClN2O9P. The lowest BCUT2D eigenvalue weighted by molar-refractivity contribution is -0.152. The van der Waals surface area contributed by atoms with Crippen LogP contribution in [0.4, 0.5) is 0 Å². The van der Waals surface area contributed by atoms with Gasteiger partial charge >= 0.3 is 19.5 Å². The number of esters is 1. The number of phosphoric acid groups is 1. The van der Waals surface area contributed by atoms with Crippen LogP contribution in [0.15, 0.2) is 21.9 Å². The van der Waals surface area contributed by atoms with Crippen molar-refractivity contribution in [2.75, 3.05) is 13.2 Å². The van der Waals surface area contributed by atoms with Crippen LogP contribution in [0.5, 0.6) is 0 Å². The molecule has 1 unspecified atom stereocenters. The summed E-state index contributed by atoms with van der Waals surface area (Å²) in [6.07, 6.45) is -1.35. The second kappa shape index (κ2) is 9.17. The third-order valence-electron chi connectivity index (χ3n) is 4.98. The molecule has 2 saturated heterocycles. The lowest BCUT2D eigenvalue weighted by atomic mass is 10.0. The Labute approximate surface area is 183 Å². The number of carbonyl (C=O) groups excluding carboxylic acids is 1. The zero-order valence-electron chi connectivity index (χ0n) is 17.6. The minimum Gasteiger partial charge on any atom is -0.463 e. The topological polar surface area (TPSA) is 135 Å². The van der Waals surface area contributed by atoms with Crippen molar-refractivity contribution in [1.29, 1.82) is 0 Å². The summed E-state index contributed by atoms with van der Waals surface area (Å²) in [5.41, 5.74) is -1.26. The molecule has 0 saturated carbocycles. The number of rotatable bonds is 7. The zero-order chi connectivity index (χ0) is 23.0. The fourth-order valence-electron chi connectivity index (χ4n) is 3.33. The Kier molecular flexibility index (Phi) is 7.15. The maximum atomic E-state index is 12.9. The SMILES string of the molecule is CC(C)OC(=O)C(C)CCO[P@]1(=O)OC[C@H]2O[C@@H](n3ccc(=O)[nH]c3=O)[C@](C)(Cl)[C@@H]2O1. The number of carbonyl (C=O) groups is 1. The van der Waals surface area contributed by atoms with E-state index in [1.807, 2.05) is 0 Å². The molecule has 0 amide bonds. The highest BCUT2D eigenvalue weighted by atomic mass is 35.5. The predicted molar refractivity (Wildman–Crippen MR) is 109 cm³/mol. The van der Waals surface area contributed by atoms with Gasteiger partial charge < -0.3 is 9.47 Å². The number of nitrogens with zero attached hydrogens (tertiary/aromatic N) is 1. The van der Waals surface area contributed by atoms with E-state index >= 15 is 0 Å². The van der Waals surface area contributed by atoms with Crippen molar-refractivity contribution in [1.82, 2.24) is 9.55 Å². The zero-order valence-corrected chi connectivity index (χ0v) is 19.3. The van der Waals surface area contributed by atoms with Crippen molar-refractivity contribution in [2.24, 2.45) is 5.92 Å². The first-order chi connectivity index (χ1) is 14.4. The van der Waals surface area contributed by atoms with Gasteiger partial charge in [0.05, 0.1) is 25.2 Å². The van der Waals surface area contributed by atoms with Crippen molar-refractivity contribution in [3.05, 3.63) is 33.1 Å². The number of alkyl halides is 1. The highest BCUT2D eigenvalue weighted by molar-refractivity contribution is 7.48. The molecule has 0 spiro atoms. The van der Waals surface area contributed by atoms with Crippen LogP contribution in [-0.2, 0) is 32.4 Å². The molecule has 2 fully saturated rings. The quantitative estimate of drug-likeness (QED) is 0.353. The summed E-state index contributed by atoms with van der Waals surface area (Å²) >= 11 is 6.66. The number of aromatic nitrogens is 2. The number of ether oxygens (including phenoxy) is 2. The van der Waals surface area contributed by atoms with E-state index in [9.17, 15) is 18.9 Å². The first kappa shape index (κ1) is 24.2. The first-order valence-electron chi connectivity index (χ1n) is 9.87. The minimum absolute atomic E-state index is 0.0638. The second-order valence-corrected chi connectivity index (χ2v) is 10.4. The van der Waals surface area contributed by atoms with Gasteiger partial charge in [-0.05, 0) is 27.2 Å². The van der Waals surface area contributed by atoms with Crippen molar-refractivity contribution in [2.45, 2.75) is 63.5 Å². The van der Waals surface area contributed by atoms with Crippen molar-refractivity contribution in [3.63, 3.8) is 0 Å². The molecule has 2 aliphatic heterocycles. The molecule has 0 bridgehead atoms. The molecule has 1 aromatic rings. The summed E-state index contributed by atoms with van der Waals surface area (Å²) < 4.78 is 41.2. The lowest BCUT2D eigenvalue weighted by Gasteiger charge is -2.34. The molecule has 0 aromatic carbocycles. The number of phosphoric ester groups is 1. The van der Waals surface area contributed by atoms with Gasteiger partial charge in [-0.15, -0.1) is 11.6 Å². The molecule has 1 N–H and O–H groups in total. The number of H-pyrrole nitrogens is 1. The maximum Gasteiger partial charge on any atom is 0.475 e. The van der Waals surface area contributed by atoms with Crippen molar-refractivity contribution < 1.29 is 32.4 Å². The van der Waals surface area contributed by atoms with Crippen LogP contribution in [0, 0.1) is 5.92 Å². The van der Waals surface area contributed by atoms with Crippen LogP contribution >= 0.6 is 19.4 Å². The average molecular weight is 481 g/mol. The van der Waals surface area contributed by atoms with Gasteiger partial charge in [-0.1, -0.05) is 6.92 Å². The van der Waals surface area contributed by atoms with Crippen molar-refractivity contribution in [3.8, 4) is 0 Å². The smallest absolute Gasteiger partial charge is 0.463 e. The molecule has 0 aliphatic carbocycles. The number of hydrogen-bond acceptors (Lipinski definition) is 9. The van der Waals surface area contributed by atoms with E-state index in [0.29, 0.717) is 0 Å². The Bertz CT molecular complexity index is 975. The monoisotopic (exact) mass is 480 g/mol. The summed E-state index contributed by atoms with van der Waals surface area (Å²) in [6.45, 7) is 6.55. The molecule has 0 radical (unpaired) electrons. The molecule has 31 heavy (non-hydrogen) atoms. The van der Waals surface area contributed by atoms with E-state index in [0.717, 1.165) is 10.6 Å². The molecule has 1 aromatic heterocycles. The van der Waals surface area contributed by atoms with E-state index in [1.54, 1.807) is 27.7 Å². The molecular weight excluding hydrogens is 455 g/mol. The van der Waals surface area contributed by atoms with Crippen LogP contribution in [0.1, 0.15) is 40.3 Å². The van der Waals surface area contributed by atoms with E-state index in [2.05, 4.69) is 4.98 Å². The summed E-state index contributed by atoms with van der Waals surface area (Å²) in [7, 11) is -3.98. The number of hydrogen-bond donors (Lipinski definition) is 1. The second-order valence-electron chi connectivity index (χ2n) is 7.97. The Morgan fingerprint density at radius 2 is 2.13 bits per heavy atom. The normalized spacial score (nSPS) is 33.8. The Balaban J connectivity index is 1.65. The van der Waals surface area contributed by atoms with E-state index in [1.165, 1.54) is 6.20 Å². The van der Waals surface area contributed by atoms with E-state index in [4.69, 9.17) is 34.6 Å². The van der Waals surface area contributed by atoms with Crippen LogP contribution in [0.25, 0.3) is 0 Å². The fraction of sp³-hybridized carbons (Fsp3) is 0.722. The molecule has 11 nitrogen and oxygen atoms in total. The van der Waals surface area contributed by atoms with Gasteiger partial charge in [0.1, 0.15) is 17.1 Å². The summed E-state index contributed by atoms with van der Waals surface area (Å²) in [5, 5.41) is 0. The van der Waals surface area contributed by atoms with Gasteiger partial charge in [0.2, 0.25) is 0 Å². The minimum atomic E-state index is -3.98. The number of nitrogens with one attached hydrogen (secondary N) is 1. The lowest BCUT2D eigenvalue weighted by Crippen LogP contribution is -2.45. The number of fused-ring (bicyclic) bond motifs is 1. The molecule has 2 aliphatic rings. The molecule has 6 atom stereocenters. The van der Waals surface area contributed by atoms with Gasteiger partial charge in [0.25, 0.3) is 5.56 Å². The molecule has 3 heterocycles. The van der Waals surface area contributed by atoms with Crippen LogP contribution in [0.3, 0.4) is 0 Å². The van der Waals surface area contributed by atoms with Crippen LogP contribution in [0.2, 0.25) is 0 Å². The van der Waals surface area contributed by atoms with Crippen LogP contribution in [-0.4, -0.2) is 51.9 Å². The predicted octanol–water partition coefficient (Wildman–Crippen LogP) is 1.95. The highest BCUT2D eigenvalue weighted by Crippen LogP contribution is 2.60. The molecule has 3 rings (SSSR count). The van der Waals surface area contributed by atoms with Gasteiger partial charge in [-0.3, -0.25) is 32.7 Å². The third kappa shape index (κ3) is 5.30. The summed E-state index contributed by atoms with van der Waals surface area (Å²) in [5.74, 6) is -0.842. The number of aromatic amines is 1. The molecule has 174 valence electrons. The van der Waals surface area contributed by atoms with Gasteiger partial charge in [-0.25, -0.2) is 9.36 Å². The average Bonchev–Trinajstić information content (AvgIpc) is 2.91. The largest absolute Gasteiger partial charge is 0.475 e. The van der Waals surface area contributed by atoms with Crippen molar-refractivity contribution >= 4 is 25.4 Å². The maximum absolute atomic E-state index is 12.9. The first-order valence-corrected chi connectivity index (χ1v) is 11.7. The summed E-state index contributed by atoms with van der Waals surface area (Å²) in [4.78, 5) is 36.2. The number of halogens is 1. The fourth-order valence-corrected chi connectivity index (χ4v) is 5.22. The van der Waals surface area contributed by atoms with E-state index in [-0.39, 0.29) is 31.7 Å². The van der Waals surface area contributed by atoms with Gasteiger partial charge in [-0.2, -0.15) is 0 Å². The Morgan fingerprint density at radius 3 is 2.77 bits per heavy atom. The van der Waals surface area contributed by atoms with Gasteiger partial charge in [0.15, 0.2) is 6.23 Å². The Morgan fingerprint density at radius 1 is 1.42 bits per heavy atom. The standard InChI is InChI=1S/C18H26ClN2O9P/c1-10(2)28-15(23)11(3)6-8-26-31(25)27-9-12-14(30-31)18(4,19)16(29-12)21-7-5-13(22)20-17(21)24/h5,7,10-12,14,16H,6,8-9H2,1-4H3,(H,20,22,24)/t11?,12-,14-,16-,18-,31-/m1/s1.